The van der Waals surface area contributed by atoms with Gasteiger partial charge in [-0.2, -0.15) is 0 Å². The Kier molecular flexibility index (Phi) is 4.56. The Bertz CT molecular complexity index is 807. The molecule has 0 bridgehead atoms. The highest BCUT2D eigenvalue weighted by Gasteiger charge is 2.45. The van der Waals surface area contributed by atoms with Gasteiger partial charge in [-0.3, -0.25) is 9.98 Å². The third-order valence-electron chi connectivity index (χ3n) is 4.71. The number of benzene rings is 1. The van der Waals surface area contributed by atoms with Gasteiger partial charge in [-0.25, -0.2) is 0 Å². The first-order valence-corrected chi connectivity index (χ1v) is 9.92. The summed E-state index contributed by atoms with van der Waals surface area (Å²) in [6.07, 6.45) is 2.83. The predicted octanol–water partition coefficient (Wildman–Crippen LogP) is 5.07. The van der Waals surface area contributed by atoms with Crippen LogP contribution in [0.4, 0.5) is 0 Å². The molecule has 130 valence electrons. The standard InChI is InChI=1S/C18H17Cl2N3OS/c1-2-11-9-25-18-22-15(14-5-3-4-6-21-14)16(23(11)18)10-7-12(19)17(24)13(20)8-10/h3-8,11,15-16,24H,2,9H2,1H3/t11-,15+,16+/m1/s1. The number of pyridine rings is 1. The molecule has 0 aliphatic carbocycles. The number of thioether (sulfide) groups is 1. The van der Waals surface area contributed by atoms with E-state index in [0.29, 0.717) is 6.04 Å². The van der Waals surface area contributed by atoms with E-state index in [1.807, 2.05) is 18.2 Å². The lowest BCUT2D eigenvalue weighted by Crippen LogP contribution is -2.35. The van der Waals surface area contributed by atoms with Gasteiger partial charge in [-0.1, -0.05) is 48.0 Å². The van der Waals surface area contributed by atoms with Gasteiger partial charge < -0.3 is 10.0 Å². The minimum absolute atomic E-state index is 0.0274. The van der Waals surface area contributed by atoms with Crippen LogP contribution in [0.2, 0.25) is 10.0 Å². The molecular weight excluding hydrogens is 377 g/mol. The molecule has 4 rings (SSSR count). The van der Waals surface area contributed by atoms with E-state index < -0.39 is 0 Å². The number of fused-ring (bicyclic) bond motifs is 1. The van der Waals surface area contributed by atoms with E-state index in [2.05, 4.69) is 16.8 Å². The van der Waals surface area contributed by atoms with Crippen LogP contribution in [0.3, 0.4) is 0 Å². The number of aromatic nitrogens is 1. The highest BCUT2D eigenvalue weighted by Crippen LogP contribution is 2.50. The highest BCUT2D eigenvalue weighted by molar-refractivity contribution is 8.14. The summed E-state index contributed by atoms with van der Waals surface area (Å²) < 4.78 is 0. The first kappa shape index (κ1) is 17.0. The fourth-order valence-corrected chi connectivity index (χ4v) is 5.31. The number of hydrogen-bond acceptors (Lipinski definition) is 5. The average Bonchev–Trinajstić information content (AvgIpc) is 3.18. The molecule has 4 nitrogen and oxygen atoms in total. The molecule has 2 aromatic rings. The van der Waals surface area contributed by atoms with Crippen LogP contribution in [0, 0.1) is 0 Å². The summed E-state index contributed by atoms with van der Waals surface area (Å²) in [5.41, 5.74) is 1.87. The van der Waals surface area contributed by atoms with Gasteiger partial charge in [0.1, 0.15) is 6.04 Å². The number of phenolic OH excluding ortho intramolecular Hbond substituents is 1. The summed E-state index contributed by atoms with van der Waals surface area (Å²) in [7, 11) is 0. The number of hydrogen-bond donors (Lipinski definition) is 1. The average molecular weight is 394 g/mol. The monoisotopic (exact) mass is 393 g/mol. The molecule has 1 saturated heterocycles. The molecule has 0 radical (unpaired) electrons. The number of halogens is 2. The van der Waals surface area contributed by atoms with Gasteiger partial charge in [0.05, 0.1) is 21.8 Å². The van der Waals surface area contributed by atoms with Gasteiger partial charge in [0.15, 0.2) is 10.9 Å². The summed E-state index contributed by atoms with van der Waals surface area (Å²) in [6.45, 7) is 2.19. The van der Waals surface area contributed by atoms with E-state index in [-0.39, 0.29) is 27.9 Å². The Hall–Kier alpha value is -1.43. The fraction of sp³-hybridized carbons (Fsp3) is 0.333. The van der Waals surface area contributed by atoms with Crippen molar-refractivity contribution in [2.45, 2.75) is 31.5 Å². The summed E-state index contributed by atoms with van der Waals surface area (Å²) in [4.78, 5) is 11.8. The van der Waals surface area contributed by atoms with Crippen molar-refractivity contribution >= 4 is 40.1 Å². The highest BCUT2D eigenvalue weighted by atomic mass is 35.5. The fourth-order valence-electron chi connectivity index (χ4n) is 3.47. The van der Waals surface area contributed by atoms with Crippen molar-refractivity contribution in [2.24, 2.45) is 4.99 Å². The van der Waals surface area contributed by atoms with Gasteiger partial charge >= 0.3 is 0 Å². The largest absolute Gasteiger partial charge is 0.505 e. The number of aromatic hydroxyl groups is 1. The number of nitrogens with zero attached hydrogens (tertiary/aromatic N) is 3. The molecule has 2 aliphatic rings. The maximum atomic E-state index is 9.92. The Morgan fingerprint density at radius 2 is 2.04 bits per heavy atom. The molecule has 1 N–H and O–H groups in total. The van der Waals surface area contributed by atoms with E-state index in [1.165, 1.54) is 0 Å². The van der Waals surface area contributed by atoms with Crippen LogP contribution in [0.1, 0.15) is 36.7 Å². The maximum Gasteiger partial charge on any atom is 0.160 e. The van der Waals surface area contributed by atoms with Gasteiger partial charge in [0, 0.05) is 18.0 Å². The Balaban J connectivity index is 1.83. The van der Waals surface area contributed by atoms with E-state index in [4.69, 9.17) is 28.2 Å². The lowest BCUT2D eigenvalue weighted by Gasteiger charge is -2.32. The van der Waals surface area contributed by atoms with E-state index in [0.717, 1.165) is 28.6 Å². The van der Waals surface area contributed by atoms with Gasteiger partial charge in [-0.05, 0) is 36.2 Å². The third-order valence-corrected chi connectivity index (χ3v) is 6.41. The Morgan fingerprint density at radius 3 is 2.68 bits per heavy atom. The second kappa shape index (κ2) is 6.71. The van der Waals surface area contributed by atoms with Crippen molar-refractivity contribution in [2.75, 3.05) is 5.75 Å². The smallest absolute Gasteiger partial charge is 0.160 e. The number of aliphatic imine (C=N–C) groups is 1. The van der Waals surface area contributed by atoms with Crippen molar-refractivity contribution in [1.82, 2.24) is 9.88 Å². The number of rotatable bonds is 3. The summed E-state index contributed by atoms with van der Waals surface area (Å²) in [5.74, 6) is 0.948. The summed E-state index contributed by atoms with van der Waals surface area (Å²) in [6, 6.07) is 9.72. The van der Waals surface area contributed by atoms with Crippen molar-refractivity contribution in [3.8, 4) is 5.75 Å². The van der Waals surface area contributed by atoms with Crippen molar-refractivity contribution in [3.63, 3.8) is 0 Å². The van der Waals surface area contributed by atoms with Crippen LogP contribution >= 0.6 is 35.0 Å². The zero-order chi connectivity index (χ0) is 17.6. The molecule has 3 heterocycles. The molecule has 25 heavy (non-hydrogen) atoms. The SMILES string of the molecule is CC[C@@H]1CSC2=N[C@@H](c3ccccn3)[C@H](c3cc(Cl)c(O)c(Cl)c3)N21. The molecule has 7 heteroatoms. The minimum atomic E-state index is -0.116. The lowest BCUT2D eigenvalue weighted by molar-refractivity contribution is 0.255. The lowest BCUT2D eigenvalue weighted by atomic mass is 9.95. The van der Waals surface area contributed by atoms with Gasteiger partial charge in [0.2, 0.25) is 0 Å². The molecule has 2 aliphatic heterocycles. The topological polar surface area (TPSA) is 48.7 Å². The number of phenols is 1. The predicted molar refractivity (Wildman–Crippen MR) is 104 cm³/mol. The van der Waals surface area contributed by atoms with Crippen molar-refractivity contribution in [1.29, 1.82) is 0 Å². The van der Waals surface area contributed by atoms with Crippen molar-refractivity contribution < 1.29 is 5.11 Å². The molecule has 0 amide bonds. The van der Waals surface area contributed by atoms with Gasteiger partial charge in [0.25, 0.3) is 0 Å². The van der Waals surface area contributed by atoms with Crippen LogP contribution in [-0.4, -0.2) is 32.0 Å². The second-order valence-corrected chi connectivity index (χ2v) is 7.97. The molecule has 3 atom stereocenters. The van der Waals surface area contributed by atoms with Crippen LogP contribution < -0.4 is 0 Å². The first-order valence-electron chi connectivity index (χ1n) is 8.18. The van der Waals surface area contributed by atoms with Crippen LogP contribution in [-0.2, 0) is 0 Å². The summed E-state index contributed by atoms with van der Waals surface area (Å²) in [5, 5.41) is 11.5. The minimum Gasteiger partial charge on any atom is -0.505 e. The molecule has 1 fully saturated rings. The number of amidine groups is 1. The van der Waals surface area contributed by atoms with Crippen LogP contribution in [0.5, 0.6) is 5.75 Å². The zero-order valence-electron chi connectivity index (χ0n) is 13.6. The molecule has 1 aromatic heterocycles. The Morgan fingerprint density at radius 1 is 1.28 bits per heavy atom. The van der Waals surface area contributed by atoms with Gasteiger partial charge in [-0.15, -0.1) is 0 Å². The van der Waals surface area contributed by atoms with E-state index in [1.54, 1.807) is 30.1 Å². The quantitative estimate of drug-likeness (QED) is 0.790. The van der Waals surface area contributed by atoms with Crippen LogP contribution in [0.25, 0.3) is 0 Å². The second-order valence-electron chi connectivity index (χ2n) is 6.17. The molecule has 1 aromatic carbocycles. The summed E-state index contributed by atoms with van der Waals surface area (Å²) >= 11 is 14.2. The third kappa shape index (κ3) is 2.88. The van der Waals surface area contributed by atoms with E-state index in [9.17, 15) is 5.11 Å². The molecule has 0 saturated carbocycles. The normalized spacial score (nSPS) is 25.2. The van der Waals surface area contributed by atoms with Crippen molar-refractivity contribution in [3.05, 3.63) is 57.8 Å². The molecule has 0 spiro atoms. The molecule has 0 unspecified atom stereocenters. The Labute approximate surface area is 160 Å². The van der Waals surface area contributed by atoms with E-state index >= 15 is 0 Å². The van der Waals surface area contributed by atoms with Crippen LogP contribution in [0.15, 0.2) is 41.5 Å². The molecular formula is C18H17Cl2N3OS. The maximum absolute atomic E-state index is 9.92. The first-order chi connectivity index (χ1) is 12.1. The zero-order valence-corrected chi connectivity index (χ0v) is 15.9.